The van der Waals surface area contributed by atoms with E-state index in [1.54, 1.807) is 9.80 Å². The zero-order chi connectivity index (χ0) is 38.3. The van der Waals surface area contributed by atoms with Crippen LogP contribution in [0.15, 0.2) is 36.9 Å². The van der Waals surface area contributed by atoms with E-state index < -0.39 is 80.2 Å². The SMILES string of the molecule is C=C[C@@H]1C[C@]1(NC(=O)[C@@H]1C[C@@H]2CN1C(=O)[C@H](C(C)(C)C)NC(=O)N(CCC)CCCC=Cc1cccc3c1CN(C3)C(=O)O2)C(=O)NS(=O)(=O)C1CC1. The fourth-order valence-electron chi connectivity index (χ4n) is 7.57. The summed E-state index contributed by atoms with van der Waals surface area (Å²) in [6.07, 6.45) is 7.25. The molecule has 3 fully saturated rings. The molecule has 5 aliphatic rings. The number of hydrogen-bond donors (Lipinski definition) is 3. The second-order valence-corrected chi connectivity index (χ2v) is 18.0. The van der Waals surface area contributed by atoms with Gasteiger partial charge in [0.25, 0.3) is 5.91 Å². The number of benzene rings is 1. The van der Waals surface area contributed by atoms with E-state index in [9.17, 15) is 32.4 Å². The molecule has 0 spiro atoms. The number of nitrogens with one attached hydrogen (secondary N) is 3. The summed E-state index contributed by atoms with van der Waals surface area (Å²) < 4.78 is 33.5. The average Bonchev–Trinajstić information content (AvgIpc) is 3.99. The molecule has 3 N–H and O–H groups in total. The molecule has 1 aromatic carbocycles. The molecule has 4 bridgehead atoms. The second-order valence-electron chi connectivity index (χ2n) is 16.1. The third-order valence-electron chi connectivity index (χ3n) is 10.9. The monoisotopic (exact) mass is 752 g/mol. The van der Waals surface area contributed by atoms with E-state index in [0.717, 1.165) is 23.1 Å². The number of hydrogen-bond acceptors (Lipinski definition) is 8. The van der Waals surface area contributed by atoms with E-state index in [-0.39, 0.29) is 19.4 Å². The molecular formula is C38H52N6O8S. The molecule has 3 heterocycles. The first-order chi connectivity index (χ1) is 25.1. The molecule has 6 rings (SSSR count). The first-order valence-corrected chi connectivity index (χ1v) is 20.2. The Balaban J connectivity index is 1.30. The third-order valence-corrected chi connectivity index (χ3v) is 12.7. The summed E-state index contributed by atoms with van der Waals surface area (Å²) in [6.45, 7) is 12.7. The lowest BCUT2D eigenvalue weighted by molar-refractivity contribution is -0.142. The first-order valence-electron chi connectivity index (χ1n) is 18.7. The third kappa shape index (κ3) is 8.09. The van der Waals surface area contributed by atoms with Crippen LogP contribution in [0.4, 0.5) is 9.59 Å². The minimum absolute atomic E-state index is 0.0678. The zero-order valence-corrected chi connectivity index (χ0v) is 31.9. The van der Waals surface area contributed by atoms with Gasteiger partial charge in [-0.3, -0.25) is 24.0 Å². The van der Waals surface area contributed by atoms with Crippen molar-refractivity contribution in [3.05, 3.63) is 53.6 Å². The van der Waals surface area contributed by atoms with E-state index in [2.05, 4.69) is 28.0 Å². The van der Waals surface area contributed by atoms with Gasteiger partial charge in [0.1, 0.15) is 23.7 Å². The number of urea groups is 1. The second kappa shape index (κ2) is 14.8. The topological polar surface area (TPSA) is 175 Å². The smallest absolute Gasteiger partial charge is 0.410 e. The zero-order valence-electron chi connectivity index (χ0n) is 31.1. The van der Waals surface area contributed by atoms with Crippen LogP contribution in [0.5, 0.6) is 0 Å². The maximum Gasteiger partial charge on any atom is 0.410 e. The molecule has 3 aliphatic heterocycles. The maximum absolute atomic E-state index is 14.6. The largest absolute Gasteiger partial charge is 0.444 e. The Labute approximate surface area is 311 Å². The number of allylic oxidation sites excluding steroid dienone is 1. The van der Waals surface area contributed by atoms with E-state index in [4.69, 9.17) is 4.74 Å². The van der Waals surface area contributed by atoms with Gasteiger partial charge in [0.15, 0.2) is 0 Å². The number of nitrogens with zero attached hydrogens (tertiary/aromatic N) is 3. The van der Waals surface area contributed by atoms with Crippen LogP contribution < -0.4 is 15.4 Å². The molecule has 14 nitrogen and oxygen atoms in total. The Morgan fingerprint density at radius 2 is 1.91 bits per heavy atom. The van der Waals surface area contributed by atoms with Gasteiger partial charge in [-0.15, -0.1) is 6.58 Å². The summed E-state index contributed by atoms with van der Waals surface area (Å²) in [4.78, 5) is 74.4. The van der Waals surface area contributed by atoms with Crippen LogP contribution in [0.25, 0.3) is 6.08 Å². The van der Waals surface area contributed by atoms with Crippen LogP contribution in [0, 0.1) is 11.3 Å². The number of fused-ring (bicyclic) bond motifs is 3. The van der Waals surface area contributed by atoms with Gasteiger partial charge in [-0.2, -0.15) is 0 Å². The molecule has 5 atom stereocenters. The normalized spacial score (nSPS) is 28.0. The standard InChI is InChI=1S/C38H52N6O8S/c1-6-17-42-18-10-8-9-12-24-13-11-14-25-21-43(23-29(24)25)36(49)52-27-19-30(44(22-27)33(46)31(37(3,4)5)39-35(42)48)32(45)40-38(20-26(38)7-2)34(47)41-53(50,51)28-15-16-28/h7,9,11-14,26-28,30-31H,2,6,8,10,15-23H2,1,3-5H3,(H,39,48)(H,40,45)(H,41,47)/t26-,27-,30+,31-,38-/m1/s1. The van der Waals surface area contributed by atoms with Crippen molar-refractivity contribution in [1.29, 1.82) is 0 Å². The molecule has 53 heavy (non-hydrogen) atoms. The van der Waals surface area contributed by atoms with Gasteiger partial charge in [0.2, 0.25) is 21.8 Å². The number of carbonyl (C=O) groups is 5. The Morgan fingerprint density at radius 1 is 1.15 bits per heavy atom. The highest BCUT2D eigenvalue weighted by Crippen LogP contribution is 2.45. The predicted octanol–water partition coefficient (Wildman–Crippen LogP) is 3.42. The number of rotatable bonds is 8. The van der Waals surface area contributed by atoms with Crippen LogP contribution >= 0.6 is 0 Å². The van der Waals surface area contributed by atoms with Gasteiger partial charge in [-0.1, -0.05) is 64.1 Å². The van der Waals surface area contributed by atoms with Crippen molar-refractivity contribution in [2.24, 2.45) is 11.3 Å². The molecule has 2 saturated carbocycles. The van der Waals surface area contributed by atoms with Gasteiger partial charge < -0.3 is 25.2 Å². The van der Waals surface area contributed by atoms with Crippen LogP contribution in [-0.4, -0.2) is 102 Å². The molecule has 0 radical (unpaired) electrons. The van der Waals surface area contributed by atoms with Crippen molar-refractivity contribution in [1.82, 2.24) is 30.1 Å². The van der Waals surface area contributed by atoms with Crippen LogP contribution in [0.2, 0.25) is 0 Å². The van der Waals surface area contributed by atoms with Crippen LogP contribution in [0.1, 0.15) is 89.3 Å². The molecule has 288 valence electrons. The molecular weight excluding hydrogens is 701 g/mol. The van der Waals surface area contributed by atoms with Gasteiger partial charge >= 0.3 is 12.1 Å². The average molecular weight is 753 g/mol. The fraction of sp³-hybridized carbons (Fsp3) is 0.605. The van der Waals surface area contributed by atoms with Crippen molar-refractivity contribution in [3.8, 4) is 0 Å². The van der Waals surface area contributed by atoms with Gasteiger partial charge in [-0.25, -0.2) is 18.0 Å². The maximum atomic E-state index is 14.6. The summed E-state index contributed by atoms with van der Waals surface area (Å²) in [5.74, 6) is -2.62. The van der Waals surface area contributed by atoms with E-state index in [1.807, 2.05) is 52.0 Å². The molecule has 0 unspecified atom stereocenters. The summed E-state index contributed by atoms with van der Waals surface area (Å²) in [5.41, 5.74) is 0.671. The minimum Gasteiger partial charge on any atom is -0.444 e. The Kier molecular flexibility index (Phi) is 10.7. The molecule has 15 heteroatoms. The van der Waals surface area contributed by atoms with Gasteiger partial charge in [-0.05, 0) is 60.6 Å². The quantitative estimate of drug-likeness (QED) is 0.339. The number of sulfonamides is 1. The lowest BCUT2D eigenvalue weighted by Crippen LogP contribution is -2.61. The van der Waals surface area contributed by atoms with E-state index in [1.165, 1.54) is 11.0 Å². The van der Waals surface area contributed by atoms with E-state index in [0.29, 0.717) is 51.9 Å². The number of ether oxygens (including phenoxy) is 1. The first kappa shape index (κ1) is 38.3. The summed E-state index contributed by atoms with van der Waals surface area (Å²) >= 11 is 0. The molecule has 1 saturated heterocycles. The Morgan fingerprint density at radius 3 is 2.57 bits per heavy atom. The highest BCUT2D eigenvalue weighted by molar-refractivity contribution is 7.91. The lowest BCUT2D eigenvalue weighted by atomic mass is 9.85. The Hall–Kier alpha value is -4.40. The van der Waals surface area contributed by atoms with Gasteiger partial charge in [0.05, 0.1) is 18.3 Å². The van der Waals surface area contributed by atoms with Crippen molar-refractivity contribution < 1.29 is 37.1 Å². The Bertz CT molecular complexity index is 1800. The molecule has 2 aliphatic carbocycles. The number of amides is 6. The van der Waals surface area contributed by atoms with E-state index >= 15 is 0 Å². The molecule has 0 aromatic heterocycles. The predicted molar refractivity (Wildman–Crippen MR) is 197 cm³/mol. The van der Waals surface area contributed by atoms with Crippen LogP contribution in [0.3, 0.4) is 0 Å². The van der Waals surface area contributed by atoms with Crippen molar-refractivity contribution in [2.75, 3.05) is 19.6 Å². The minimum atomic E-state index is -3.91. The number of carbonyl (C=O) groups excluding carboxylic acids is 5. The van der Waals surface area contributed by atoms with Crippen molar-refractivity contribution in [2.45, 2.75) is 115 Å². The van der Waals surface area contributed by atoms with Gasteiger partial charge in [0, 0.05) is 32.0 Å². The lowest BCUT2D eigenvalue weighted by Gasteiger charge is -2.37. The summed E-state index contributed by atoms with van der Waals surface area (Å²) in [5, 5.41) is 5.08. The van der Waals surface area contributed by atoms with Crippen molar-refractivity contribution >= 4 is 45.9 Å². The highest BCUT2D eigenvalue weighted by Gasteiger charge is 2.62. The highest BCUT2D eigenvalue weighted by atomic mass is 32.2. The molecule has 6 amide bonds. The molecule has 1 aromatic rings. The fourth-order valence-corrected chi connectivity index (χ4v) is 8.93. The van der Waals surface area contributed by atoms with Crippen molar-refractivity contribution in [3.63, 3.8) is 0 Å². The summed E-state index contributed by atoms with van der Waals surface area (Å²) in [6, 6.07) is 3.28. The van der Waals surface area contributed by atoms with Crippen LogP contribution in [-0.2, 0) is 42.2 Å². The summed E-state index contributed by atoms with van der Waals surface area (Å²) in [7, 11) is -3.91.